The van der Waals surface area contributed by atoms with Gasteiger partial charge in [-0.25, -0.2) is 4.79 Å². The molecule has 0 aliphatic heterocycles. The minimum Gasteiger partial charge on any atom is -0.444 e. The highest BCUT2D eigenvalue weighted by atomic mass is 16.6. The summed E-state index contributed by atoms with van der Waals surface area (Å²) in [6.45, 7) is 6.49. The topological polar surface area (TPSA) is 76.7 Å². The molecule has 0 aliphatic carbocycles. The smallest absolute Gasteiger partial charge is 0.407 e. The molecule has 6 nitrogen and oxygen atoms in total. The summed E-state index contributed by atoms with van der Waals surface area (Å²) < 4.78 is 9.95. The number of alkyl carbamates (subject to hydrolysis) is 1. The van der Waals surface area contributed by atoms with Gasteiger partial charge in [-0.2, -0.15) is 0 Å². The standard InChI is InChI=1S/C15H22N2O4/c1-5-11-20-12-6-8-13(18)16-9-7-10-17-14(19)21-15(2,3)4/h1H,7,9-12H2,2-4H3,(H,16,18)(H,17,19). The van der Waals surface area contributed by atoms with Crippen LogP contribution < -0.4 is 10.6 Å². The van der Waals surface area contributed by atoms with E-state index in [1.54, 1.807) is 20.8 Å². The molecule has 2 amide bonds. The molecule has 0 saturated carbocycles. The van der Waals surface area contributed by atoms with E-state index in [4.69, 9.17) is 15.9 Å². The Hall–Kier alpha value is -2.18. The molecule has 0 spiro atoms. The number of ether oxygens (including phenoxy) is 2. The van der Waals surface area contributed by atoms with Crippen LogP contribution in [-0.4, -0.2) is 43.9 Å². The average molecular weight is 294 g/mol. The Morgan fingerprint density at radius 2 is 1.81 bits per heavy atom. The number of carbonyl (C=O) groups is 2. The molecule has 0 atom stereocenters. The zero-order valence-corrected chi connectivity index (χ0v) is 12.7. The Morgan fingerprint density at radius 3 is 2.43 bits per heavy atom. The van der Waals surface area contributed by atoms with Crippen LogP contribution in [0.2, 0.25) is 0 Å². The van der Waals surface area contributed by atoms with Gasteiger partial charge in [-0.1, -0.05) is 11.8 Å². The molecular formula is C15H22N2O4. The molecule has 0 aromatic carbocycles. The summed E-state index contributed by atoms with van der Waals surface area (Å²) in [6.07, 6.45) is 5.09. The maximum Gasteiger partial charge on any atom is 0.407 e. The van der Waals surface area contributed by atoms with Gasteiger partial charge in [0.05, 0.1) is 0 Å². The third-order valence-electron chi connectivity index (χ3n) is 1.87. The number of carbonyl (C=O) groups excluding carboxylic acids is 2. The van der Waals surface area contributed by atoms with E-state index in [-0.39, 0.29) is 13.2 Å². The number of hydrogen-bond acceptors (Lipinski definition) is 4. The summed E-state index contributed by atoms with van der Waals surface area (Å²) in [4.78, 5) is 22.6. The fraction of sp³-hybridized carbons (Fsp3) is 0.600. The molecule has 0 aromatic rings. The summed E-state index contributed by atoms with van der Waals surface area (Å²) in [5.74, 6) is 6.80. The van der Waals surface area contributed by atoms with Gasteiger partial charge in [-0.05, 0) is 33.1 Å². The lowest BCUT2D eigenvalue weighted by molar-refractivity contribution is -0.115. The van der Waals surface area contributed by atoms with E-state index in [0.29, 0.717) is 19.5 Å². The SMILES string of the molecule is C#CCOCC#CC(=O)NCCCNC(=O)OC(C)(C)C. The van der Waals surface area contributed by atoms with Crippen molar-refractivity contribution in [1.82, 2.24) is 10.6 Å². The summed E-state index contributed by atoms with van der Waals surface area (Å²) in [7, 11) is 0. The molecule has 0 rings (SSSR count). The zero-order valence-electron chi connectivity index (χ0n) is 12.7. The van der Waals surface area contributed by atoms with E-state index < -0.39 is 17.6 Å². The van der Waals surface area contributed by atoms with Crippen LogP contribution >= 0.6 is 0 Å². The lowest BCUT2D eigenvalue weighted by Gasteiger charge is -2.19. The van der Waals surface area contributed by atoms with Crippen molar-refractivity contribution < 1.29 is 19.1 Å². The van der Waals surface area contributed by atoms with Crippen molar-refractivity contribution in [3.05, 3.63) is 0 Å². The zero-order chi connectivity index (χ0) is 16.1. The third kappa shape index (κ3) is 14.0. The minimum atomic E-state index is -0.518. The van der Waals surface area contributed by atoms with E-state index >= 15 is 0 Å². The number of hydrogen-bond donors (Lipinski definition) is 2. The average Bonchev–Trinajstić information content (AvgIpc) is 2.36. The molecular weight excluding hydrogens is 272 g/mol. The summed E-state index contributed by atoms with van der Waals surface area (Å²) in [6, 6.07) is 0. The molecule has 0 bridgehead atoms. The molecule has 6 heteroatoms. The fourth-order valence-electron chi connectivity index (χ4n) is 1.12. The second kappa shape index (κ2) is 10.6. The number of rotatable bonds is 6. The molecule has 0 fully saturated rings. The van der Waals surface area contributed by atoms with Gasteiger partial charge in [0.25, 0.3) is 5.91 Å². The highest BCUT2D eigenvalue weighted by Gasteiger charge is 2.15. The minimum absolute atomic E-state index is 0.123. The highest BCUT2D eigenvalue weighted by molar-refractivity contribution is 5.93. The van der Waals surface area contributed by atoms with Crippen LogP contribution in [0.1, 0.15) is 27.2 Å². The van der Waals surface area contributed by atoms with Crippen LogP contribution in [0.15, 0.2) is 0 Å². The number of nitrogens with one attached hydrogen (secondary N) is 2. The predicted octanol–water partition coefficient (Wildman–Crippen LogP) is 0.671. The first kappa shape index (κ1) is 18.8. The van der Waals surface area contributed by atoms with Gasteiger partial charge in [0.15, 0.2) is 0 Å². The van der Waals surface area contributed by atoms with Crippen molar-refractivity contribution in [3.63, 3.8) is 0 Å². The molecule has 0 unspecified atom stereocenters. The van der Waals surface area contributed by atoms with Gasteiger partial charge in [0.2, 0.25) is 0 Å². The second-order valence-corrected chi connectivity index (χ2v) is 5.04. The molecule has 2 N–H and O–H groups in total. The first-order valence-electron chi connectivity index (χ1n) is 6.60. The van der Waals surface area contributed by atoms with Crippen LogP contribution in [0, 0.1) is 24.2 Å². The summed E-state index contributed by atoms with van der Waals surface area (Å²) in [5, 5.41) is 5.19. The Balaban J connectivity index is 3.61. The number of terminal acetylenes is 1. The molecule has 0 radical (unpaired) electrons. The summed E-state index contributed by atoms with van der Waals surface area (Å²) in [5.41, 5.74) is -0.518. The normalized spacial score (nSPS) is 9.81. The van der Waals surface area contributed by atoms with E-state index in [1.807, 2.05) is 0 Å². The van der Waals surface area contributed by atoms with Gasteiger partial charge < -0.3 is 20.1 Å². The Morgan fingerprint density at radius 1 is 1.14 bits per heavy atom. The highest BCUT2D eigenvalue weighted by Crippen LogP contribution is 2.06. The molecule has 0 aromatic heterocycles. The van der Waals surface area contributed by atoms with Crippen LogP contribution in [0.25, 0.3) is 0 Å². The van der Waals surface area contributed by atoms with Crippen molar-refractivity contribution >= 4 is 12.0 Å². The quantitative estimate of drug-likeness (QED) is 0.557. The molecule has 0 aliphatic rings. The predicted molar refractivity (Wildman–Crippen MR) is 79.3 cm³/mol. The van der Waals surface area contributed by atoms with Gasteiger partial charge in [-0.3, -0.25) is 4.79 Å². The molecule has 116 valence electrons. The van der Waals surface area contributed by atoms with Gasteiger partial charge in [0.1, 0.15) is 18.8 Å². The fourth-order valence-corrected chi connectivity index (χ4v) is 1.12. The maximum atomic E-state index is 11.3. The largest absolute Gasteiger partial charge is 0.444 e. The van der Waals surface area contributed by atoms with Crippen molar-refractivity contribution in [2.75, 3.05) is 26.3 Å². The molecule has 0 heterocycles. The van der Waals surface area contributed by atoms with Gasteiger partial charge >= 0.3 is 6.09 Å². The Kier molecular flexibility index (Phi) is 9.49. The Labute approximate surface area is 125 Å². The van der Waals surface area contributed by atoms with Crippen LogP contribution in [0.3, 0.4) is 0 Å². The van der Waals surface area contributed by atoms with Crippen LogP contribution in [0.5, 0.6) is 0 Å². The Bertz CT molecular complexity index is 435. The van der Waals surface area contributed by atoms with Crippen molar-refractivity contribution in [3.8, 4) is 24.2 Å². The first-order valence-corrected chi connectivity index (χ1v) is 6.60. The van der Waals surface area contributed by atoms with Crippen LogP contribution in [0.4, 0.5) is 4.79 Å². The van der Waals surface area contributed by atoms with E-state index in [1.165, 1.54) is 0 Å². The maximum absolute atomic E-state index is 11.3. The lowest BCUT2D eigenvalue weighted by Crippen LogP contribution is -2.34. The van der Waals surface area contributed by atoms with Crippen molar-refractivity contribution in [1.29, 1.82) is 0 Å². The second-order valence-electron chi connectivity index (χ2n) is 5.04. The van der Waals surface area contributed by atoms with E-state index in [2.05, 4.69) is 28.4 Å². The van der Waals surface area contributed by atoms with E-state index in [0.717, 1.165) is 0 Å². The number of amides is 2. The monoisotopic (exact) mass is 294 g/mol. The molecule has 0 saturated heterocycles. The van der Waals surface area contributed by atoms with Gasteiger partial charge in [0, 0.05) is 13.1 Å². The summed E-state index contributed by atoms with van der Waals surface area (Å²) >= 11 is 0. The molecule has 21 heavy (non-hydrogen) atoms. The third-order valence-corrected chi connectivity index (χ3v) is 1.87. The van der Waals surface area contributed by atoms with Crippen molar-refractivity contribution in [2.24, 2.45) is 0 Å². The van der Waals surface area contributed by atoms with Crippen molar-refractivity contribution in [2.45, 2.75) is 32.8 Å². The van der Waals surface area contributed by atoms with Gasteiger partial charge in [-0.15, -0.1) is 6.42 Å². The first-order chi connectivity index (χ1) is 9.85. The van der Waals surface area contributed by atoms with E-state index in [9.17, 15) is 9.59 Å². The van der Waals surface area contributed by atoms with Crippen LogP contribution in [-0.2, 0) is 14.3 Å². The lowest BCUT2D eigenvalue weighted by atomic mass is 10.2.